The van der Waals surface area contributed by atoms with Crippen LogP contribution in [0.2, 0.25) is 0 Å². The van der Waals surface area contributed by atoms with Gasteiger partial charge in [-0.1, -0.05) is 19.9 Å². The summed E-state index contributed by atoms with van der Waals surface area (Å²) in [6, 6.07) is 10.1. The molecule has 4 aromatic heterocycles. The predicted octanol–water partition coefficient (Wildman–Crippen LogP) is 4.08. The average molecular weight is 474 g/mol. The number of aromatic nitrogens is 5. The van der Waals surface area contributed by atoms with Crippen molar-refractivity contribution in [3.8, 4) is 22.5 Å². The van der Waals surface area contributed by atoms with Crippen molar-refractivity contribution in [2.24, 2.45) is 11.3 Å². The van der Waals surface area contributed by atoms with Gasteiger partial charge in [-0.05, 0) is 62.4 Å². The van der Waals surface area contributed by atoms with Crippen LogP contribution in [-0.2, 0) is 6.54 Å². The number of rotatable bonds is 8. The van der Waals surface area contributed by atoms with Gasteiger partial charge in [0.05, 0.1) is 35.9 Å². The average Bonchev–Trinajstić information content (AvgIpc) is 3.51. The standard InChI is InChI=1S/C27H35N7O/c1-26(2)17-28-13-21(26)10-11-29-24-7-5-6-22(32-24)23-14-30-25-9-8-19(16-34(23)25)20-12-31-33(15-20)18-27(3,4)35/h5-9,12,14-16,21,28,35H,10-11,13,17-18H2,1-4H3,(H,29,32). The smallest absolute Gasteiger partial charge is 0.137 e. The van der Waals surface area contributed by atoms with Crippen molar-refractivity contribution in [2.45, 2.75) is 46.3 Å². The number of nitrogens with one attached hydrogen (secondary N) is 2. The van der Waals surface area contributed by atoms with Gasteiger partial charge in [0.2, 0.25) is 0 Å². The molecule has 3 N–H and O–H groups in total. The van der Waals surface area contributed by atoms with Gasteiger partial charge in [-0.3, -0.25) is 9.08 Å². The van der Waals surface area contributed by atoms with Crippen molar-refractivity contribution in [3.05, 3.63) is 55.1 Å². The third-order valence-electron chi connectivity index (χ3n) is 6.91. The lowest BCUT2D eigenvalue weighted by molar-refractivity contribution is 0.0577. The number of pyridine rings is 2. The molecule has 8 heteroatoms. The zero-order valence-electron chi connectivity index (χ0n) is 21.0. The van der Waals surface area contributed by atoms with Crippen molar-refractivity contribution < 1.29 is 5.11 Å². The topological polar surface area (TPSA) is 92.3 Å². The van der Waals surface area contributed by atoms with E-state index in [0.717, 1.165) is 60.0 Å². The van der Waals surface area contributed by atoms with Gasteiger partial charge < -0.3 is 15.7 Å². The first-order valence-corrected chi connectivity index (χ1v) is 12.3. The van der Waals surface area contributed by atoms with E-state index in [4.69, 9.17) is 4.98 Å². The molecule has 5 rings (SSSR count). The van der Waals surface area contributed by atoms with Crippen LogP contribution in [0.1, 0.15) is 34.1 Å². The number of aliphatic hydroxyl groups is 1. The fourth-order valence-corrected chi connectivity index (χ4v) is 4.87. The Morgan fingerprint density at radius 2 is 2.00 bits per heavy atom. The normalized spacial score (nSPS) is 17.8. The highest BCUT2D eigenvalue weighted by Crippen LogP contribution is 2.32. The van der Waals surface area contributed by atoms with E-state index in [9.17, 15) is 5.11 Å². The number of nitrogens with zero attached hydrogens (tertiary/aromatic N) is 5. The van der Waals surface area contributed by atoms with Gasteiger partial charge in [-0.2, -0.15) is 5.10 Å². The minimum atomic E-state index is -0.820. The molecule has 0 bridgehead atoms. The highest BCUT2D eigenvalue weighted by atomic mass is 16.3. The maximum absolute atomic E-state index is 10.1. The van der Waals surface area contributed by atoms with Crippen LogP contribution in [0.25, 0.3) is 28.2 Å². The molecule has 1 atom stereocenters. The SMILES string of the molecule is CC(C)(O)Cn1cc(-c2ccc3ncc(-c4cccc(NCCC5CNCC5(C)C)n4)n3c2)cn1. The van der Waals surface area contributed by atoms with E-state index in [2.05, 4.69) is 45.2 Å². The lowest BCUT2D eigenvalue weighted by Crippen LogP contribution is -2.26. The van der Waals surface area contributed by atoms with E-state index in [1.165, 1.54) is 0 Å². The van der Waals surface area contributed by atoms with Crippen LogP contribution in [-0.4, -0.2) is 54.5 Å². The Labute approximate surface area is 206 Å². The molecule has 184 valence electrons. The second-order valence-corrected chi connectivity index (χ2v) is 11.0. The number of imidazole rings is 1. The minimum Gasteiger partial charge on any atom is -0.389 e. The quantitative estimate of drug-likeness (QED) is 0.357. The molecule has 0 spiro atoms. The van der Waals surface area contributed by atoms with Gasteiger partial charge in [0, 0.05) is 36.6 Å². The Hall–Kier alpha value is -3.23. The second kappa shape index (κ2) is 9.09. The lowest BCUT2D eigenvalue weighted by Gasteiger charge is -2.25. The van der Waals surface area contributed by atoms with E-state index < -0.39 is 5.60 Å². The minimum absolute atomic E-state index is 0.343. The van der Waals surface area contributed by atoms with Crippen LogP contribution in [0.3, 0.4) is 0 Å². The summed E-state index contributed by atoms with van der Waals surface area (Å²) in [6.45, 7) is 11.7. The van der Waals surface area contributed by atoms with Crippen LogP contribution in [0.4, 0.5) is 5.82 Å². The summed E-state index contributed by atoms with van der Waals surface area (Å²) in [5.74, 6) is 1.55. The van der Waals surface area contributed by atoms with Crippen molar-refractivity contribution in [2.75, 3.05) is 25.0 Å². The molecule has 0 aromatic carbocycles. The van der Waals surface area contributed by atoms with E-state index >= 15 is 0 Å². The molecule has 1 saturated heterocycles. The van der Waals surface area contributed by atoms with Crippen LogP contribution in [0.15, 0.2) is 55.1 Å². The molecule has 1 aliphatic rings. The highest BCUT2D eigenvalue weighted by Gasteiger charge is 2.33. The summed E-state index contributed by atoms with van der Waals surface area (Å²) < 4.78 is 3.84. The van der Waals surface area contributed by atoms with Gasteiger partial charge in [0.25, 0.3) is 0 Å². The van der Waals surface area contributed by atoms with Gasteiger partial charge in [-0.15, -0.1) is 0 Å². The number of fused-ring (bicyclic) bond motifs is 1. The van der Waals surface area contributed by atoms with Crippen LogP contribution in [0, 0.1) is 11.3 Å². The molecule has 1 fully saturated rings. The molecular weight excluding hydrogens is 438 g/mol. The largest absolute Gasteiger partial charge is 0.389 e. The maximum atomic E-state index is 10.1. The zero-order valence-corrected chi connectivity index (χ0v) is 21.0. The number of hydrogen-bond acceptors (Lipinski definition) is 6. The summed E-state index contributed by atoms with van der Waals surface area (Å²) in [7, 11) is 0. The third kappa shape index (κ3) is 5.23. The number of hydrogen-bond donors (Lipinski definition) is 3. The summed E-state index contributed by atoms with van der Waals surface area (Å²) in [4.78, 5) is 9.47. The monoisotopic (exact) mass is 473 g/mol. The Kier molecular flexibility index (Phi) is 6.11. The van der Waals surface area contributed by atoms with Gasteiger partial charge in [0.15, 0.2) is 0 Å². The Morgan fingerprint density at radius 3 is 2.77 bits per heavy atom. The van der Waals surface area contributed by atoms with Gasteiger partial charge in [-0.25, -0.2) is 9.97 Å². The first kappa shape index (κ1) is 23.5. The molecule has 1 aliphatic heterocycles. The second-order valence-electron chi connectivity index (χ2n) is 11.0. The zero-order chi connectivity index (χ0) is 24.6. The molecule has 8 nitrogen and oxygen atoms in total. The summed E-state index contributed by atoms with van der Waals surface area (Å²) in [5.41, 5.74) is 4.22. The van der Waals surface area contributed by atoms with Crippen molar-refractivity contribution in [1.29, 1.82) is 0 Å². The molecule has 0 radical (unpaired) electrons. The van der Waals surface area contributed by atoms with Gasteiger partial charge >= 0.3 is 0 Å². The first-order valence-electron chi connectivity index (χ1n) is 12.3. The molecule has 0 amide bonds. The molecular formula is C27H35N7O. The van der Waals surface area contributed by atoms with Crippen LogP contribution < -0.4 is 10.6 Å². The highest BCUT2D eigenvalue weighted by molar-refractivity contribution is 5.67. The van der Waals surface area contributed by atoms with E-state index in [0.29, 0.717) is 17.9 Å². The maximum Gasteiger partial charge on any atom is 0.137 e. The Balaban J connectivity index is 1.35. The fourth-order valence-electron chi connectivity index (χ4n) is 4.87. The molecule has 35 heavy (non-hydrogen) atoms. The van der Waals surface area contributed by atoms with Crippen LogP contribution in [0.5, 0.6) is 0 Å². The molecule has 1 unspecified atom stereocenters. The summed E-state index contributed by atoms with van der Waals surface area (Å²) in [6.07, 6.45) is 8.84. The van der Waals surface area contributed by atoms with Crippen LogP contribution >= 0.6 is 0 Å². The lowest BCUT2D eigenvalue weighted by atomic mass is 9.80. The van der Waals surface area contributed by atoms with E-state index in [-0.39, 0.29) is 0 Å². The predicted molar refractivity (Wildman–Crippen MR) is 139 cm³/mol. The van der Waals surface area contributed by atoms with Gasteiger partial charge in [0.1, 0.15) is 11.5 Å². The first-order chi connectivity index (χ1) is 16.7. The van der Waals surface area contributed by atoms with E-state index in [1.807, 2.05) is 48.9 Å². The Bertz CT molecular complexity index is 1310. The third-order valence-corrected chi connectivity index (χ3v) is 6.91. The van der Waals surface area contributed by atoms with E-state index in [1.54, 1.807) is 18.5 Å². The summed E-state index contributed by atoms with van der Waals surface area (Å²) >= 11 is 0. The summed E-state index contributed by atoms with van der Waals surface area (Å²) in [5, 5.41) is 21.5. The van der Waals surface area contributed by atoms with Crippen molar-refractivity contribution in [1.82, 2.24) is 29.5 Å². The molecule has 0 aliphatic carbocycles. The fraction of sp³-hybridized carbons (Fsp3) is 0.444. The Morgan fingerprint density at radius 1 is 1.14 bits per heavy atom. The van der Waals surface area contributed by atoms with Crippen molar-refractivity contribution in [3.63, 3.8) is 0 Å². The molecule has 4 aromatic rings. The molecule has 0 saturated carbocycles. The van der Waals surface area contributed by atoms with Crippen molar-refractivity contribution >= 4 is 11.5 Å². The molecule has 5 heterocycles. The number of anilines is 1.